The van der Waals surface area contributed by atoms with Crippen LogP contribution in [0, 0.1) is 5.92 Å². The number of hydrogen-bond donors (Lipinski definition) is 0. The maximum Gasteiger partial charge on any atom is 0.241 e. The van der Waals surface area contributed by atoms with Crippen molar-refractivity contribution < 1.29 is 14.1 Å². The third-order valence-electron chi connectivity index (χ3n) is 6.78. The molecule has 1 unspecified atom stereocenters. The number of rotatable bonds is 6. The van der Waals surface area contributed by atoms with Crippen LogP contribution >= 0.6 is 15.9 Å². The van der Waals surface area contributed by atoms with E-state index in [4.69, 9.17) is 9.26 Å². The fraction of sp³-hybridized carbons (Fsp3) is 0.423. The Bertz CT molecular complexity index is 1160. The Morgan fingerprint density at radius 1 is 1.11 bits per heavy atom. The molecule has 3 aromatic rings. The molecule has 35 heavy (non-hydrogen) atoms. The van der Waals surface area contributed by atoms with E-state index in [1.165, 1.54) is 0 Å². The van der Waals surface area contributed by atoms with Crippen LogP contribution in [0.15, 0.2) is 57.5 Å². The molecule has 0 radical (unpaired) electrons. The lowest BCUT2D eigenvalue weighted by molar-refractivity contribution is -0.137. The fourth-order valence-corrected chi connectivity index (χ4v) is 5.37. The molecule has 9 heteroatoms. The summed E-state index contributed by atoms with van der Waals surface area (Å²) in [6, 6.07) is 15.9. The normalized spacial score (nSPS) is 19.1. The monoisotopic (exact) mass is 539 g/mol. The van der Waals surface area contributed by atoms with Crippen molar-refractivity contribution in [2.24, 2.45) is 5.92 Å². The topological polar surface area (TPSA) is 74.9 Å². The standard InChI is InChI=1S/C26H30BrN5O3/c1-34-23-10-3-2-9-22(23)31-12-14-32(15-13-31)26(33)20-7-5-11-30(17-20)18-24-28-25(29-35-24)19-6-4-8-21(27)16-19/h2-4,6,8-10,16,20H,5,7,11-15,17-18H2,1H3. The van der Waals surface area contributed by atoms with Crippen LogP contribution in [-0.4, -0.2) is 72.2 Å². The van der Waals surface area contributed by atoms with Crippen LogP contribution in [0.2, 0.25) is 0 Å². The Labute approximate surface area is 214 Å². The number of ether oxygens (including phenoxy) is 1. The van der Waals surface area contributed by atoms with Crippen LogP contribution in [0.5, 0.6) is 5.75 Å². The summed E-state index contributed by atoms with van der Waals surface area (Å²) in [5.41, 5.74) is 2.00. The van der Waals surface area contributed by atoms with Gasteiger partial charge in [0, 0.05) is 42.8 Å². The van der Waals surface area contributed by atoms with Gasteiger partial charge < -0.3 is 19.1 Å². The molecule has 0 N–H and O–H groups in total. The molecule has 0 bridgehead atoms. The third kappa shape index (κ3) is 5.51. The molecule has 184 valence electrons. The summed E-state index contributed by atoms with van der Waals surface area (Å²) in [6.45, 7) is 5.29. The molecule has 2 aliphatic heterocycles. The molecule has 2 fully saturated rings. The van der Waals surface area contributed by atoms with Crippen molar-refractivity contribution in [1.29, 1.82) is 0 Å². The SMILES string of the molecule is COc1ccccc1N1CCN(C(=O)C2CCCN(Cc3nc(-c4cccc(Br)c4)no3)C2)CC1. The van der Waals surface area contributed by atoms with E-state index in [1.807, 2.05) is 47.4 Å². The van der Waals surface area contributed by atoms with E-state index in [1.54, 1.807) is 7.11 Å². The molecule has 5 rings (SSSR count). The Balaban J connectivity index is 1.16. The van der Waals surface area contributed by atoms with Crippen LogP contribution in [-0.2, 0) is 11.3 Å². The number of halogens is 1. The van der Waals surface area contributed by atoms with Crippen molar-refractivity contribution in [1.82, 2.24) is 19.9 Å². The van der Waals surface area contributed by atoms with Gasteiger partial charge in [0.1, 0.15) is 5.75 Å². The highest BCUT2D eigenvalue weighted by atomic mass is 79.9. The zero-order valence-corrected chi connectivity index (χ0v) is 21.5. The van der Waals surface area contributed by atoms with E-state index < -0.39 is 0 Å². The average molecular weight is 540 g/mol. The molecule has 2 saturated heterocycles. The predicted octanol–water partition coefficient (Wildman–Crippen LogP) is 4.07. The highest BCUT2D eigenvalue weighted by Crippen LogP contribution is 2.29. The molecular weight excluding hydrogens is 510 g/mol. The first-order chi connectivity index (χ1) is 17.1. The van der Waals surface area contributed by atoms with E-state index in [0.717, 1.165) is 73.6 Å². The number of para-hydroxylation sites is 2. The Kier molecular flexibility index (Phi) is 7.34. The summed E-state index contributed by atoms with van der Waals surface area (Å²) in [4.78, 5) is 24.5. The van der Waals surface area contributed by atoms with Gasteiger partial charge in [0.05, 0.1) is 25.3 Å². The van der Waals surface area contributed by atoms with Crippen LogP contribution in [0.4, 0.5) is 5.69 Å². The van der Waals surface area contributed by atoms with Crippen LogP contribution in [0.3, 0.4) is 0 Å². The third-order valence-corrected chi connectivity index (χ3v) is 7.27. The second kappa shape index (κ2) is 10.8. The van der Waals surface area contributed by atoms with Gasteiger partial charge in [-0.15, -0.1) is 0 Å². The second-order valence-electron chi connectivity index (χ2n) is 9.08. The van der Waals surface area contributed by atoms with Gasteiger partial charge in [0.15, 0.2) is 0 Å². The smallest absolute Gasteiger partial charge is 0.241 e. The molecule has 1 atom stereocenters. The number of piperazine rings is 1. The first kappa shape index (κ1) is 23.8. The summed E-state index contributed by atoms with van der Waals surface area (Å²) < 4.78 is 12.0. The summed E-state index contributed by atoms with van der Waals surface area (Å²) in [7, 11) is 1.70. The Morgan fingerprint density at radius 3 is 2.74 bits per heavy atom. The molecule has 0 aliphatic carbocycles. The number of benzene rings is 2. The summed E-state index contributed by atoms with van der Waals surface area (Å²) >= 11 is 3.48. The summed E-state index contributed by atoms with van der Waals surface area (Å²) in [6.07, 6.45) is 1.92. The van der Waals surface area contributed by atoms with E-state index in [-0.39, 0.29) is 11.8 Å². The van der Waals surface area contributed by atoms with Crippen LogP contribution < -0.4 is 9.64 Å². The van der Waals surface area contributed by atoms with Crippen LogP contribution in [0.25, 0.3) is 11.4 Å². The molecule has 2 aliphatic rings. The number of anilines is 1. The van der Waals surface area contributed by atoms with Crippen molar-refractivity contribution in [2.45, 2.75) is 19.4 Å². The first-order valence-corrected chi connectivity index (χ1v) is 12.9. The van der Waals surface area contributed by atoms with Gasteiger partial charge in [-0.3, -0.25) is 9.69 Å². The first-order valence-electron chi connectivity index (χ1n) is 12.1. The van der Waals surface area contributed by atoms with Gasteiger partial charge in [0.2, 0.25) is 17.6 Å². The largest absolute Gasteiger partial charge is 0.495 e. The predicted molar refractivity (Wildman–Crippen MR) is 137 cm³/mol. The van der Waals surface area contributed by atoms with E-state index in [0.29, 0.717) is 18.3 Å². The molecular formula is C26H30BrN5O3. The number of aromatic nitrogens is 2. The minimum atomic E-state index is 0.00836. The lowest BCUT2D eigenvalue weighted by atomic mass is 9.96. The number of likely N-dealkylation sites (tertiary alicyclic amines) is 1. The zero-order valence-electron chi connectivity index (χ0n) is 19.9. The maximum atomic E-state index is 13.3. The average Bonchev–Trinajstić information content (AvgIpc) is 3.37. The van der Waals surface area contributed by atoms with Gasteiger partial charge in [-0.05, 0) is 43.7 Å². The number of amides is 1. The van der Waals surface area contributed by atoms with Gasteiger partial charge in [-0.25, -0.2) is 0 Å². The number of hydrogen-bond acceptors (Lipinski definition) is 7. The Morgan fingerprint density at radius 2 is 1.94 bits per heavy atom. The van der Waals surface area contributed by atoms with E-state index >= 15 is 0 Å². The maximum absolute atomic E-state index is 13.3. The van der Waals surface area contributed by atoms with Gasteiger partial charge in [0.25, 0.3) is 0 Å². The van der Waals surface area contributed by atoms with Gasteiger partial charge in [-0.2, -0.15) is 4.98 Å². The quantitative estimate of drug-likeness (QED) is 0.467. The molecule has 0 spiro atoms. The molecule has 1 amide bonds. The number of carbonyl (C=O) groups is 1. The second-order valence-corrected chi connectivity index (χ2v) is 10.00. The van der Waals surface area contributed by atoms with Crippen molar-refractivity contribution in [3.05, 3.63) is 58.9 Å². The van der Waals surface area contributed by atoms with Gasteiger partial charge >= 0.3 is 0 Å². The number of methoxy groups -OCH3 is 1. The molecule has 2 aromatic carbocycles. The highest BCUT2D eigenvalue weighted by molar-refractivity contribution is 9.10. The zero-order chi connectivity index (χ0) is 24.2. The lowest BCUT2D eigenvalue weighted by Gasteiger charge is -2.39. The van der Waals surface area contributed by atoms with Crippen LogP contribution in [0.1, 0.15) is 18.7 Å². The number of nitrogens with zero attached hydrogens (tertiary/aromatic N) is 5. The number of piperidine rings is 1. The van der Waals surface area contributed by atoms with E-state index in [9.17, 15) is 4.79 Å². The Hall–Kier alpha value is -2.91. The minimum absolute atomic E-state index is 0.00836. The number of carbonyl (C=O) groups excluding carboxylic acids is 1. The molecule has 1 aromatic heterocycles. The molecule has 3 heterocycles. The fourth-order valence-electron chi connectivity index (χ4n) is 4.97. The van der Waals surface area contributed by atoms with Crippen molar-refractivity contribution in [3.8, 4) is 17.1 Å². The van der Waals surface area contributed by atoms with Crippen molar-refractivity contribution in [3.63, 3.8) is 0 Å². The van der Waals surface area contributed by atoms with Gasteiger partial charge in [-0.1, -0.05) is 45.4 Å². The lowest BCUT2D eigenvalue weighted by Crippen LogP contribution is -2.52. The summed E-state index contributed by atoms with van der Waals surface area (Å²) in [5, 5.41) is 4.14. The molecule has 8 nitrogen and oxygen atoms in total. The minimum Gasteiger partial charge on any atom is -0.495 e. The summed E-state index contributed by atoms with van der Waals surface area (Å²) in [5.74, 6) is 2.31. The highest BCUT2D eigenvalue weighted by Gasteiger charge is 2.32. The van der Waals surface area contributed by atoms with Crippen molar-refractivity contribution >= 4 is 27.5 Å². The molecule has 0 saturated carbocycles. The van der Waals surface area contributed by atoms with Crippen molar-refractivity contribution in [2.75, 3.05) is 51.3 Å². The van der Waals surface area contributed by atoms with E-state index in [2.05, 4.69) is 41.9 Å².